The SMILES string of the molecule is CCC(C)CS(=O)(=O)CC(NC)C1CCOC1. The molecule has 5 heteroatoms. The number of rotatable bonds is 7. The summed E-state index contributed by atoms with van der Waals surface area (Å²) in [5.74, 6) is 1.13. The summed E-state index contributed by atoms with van der Waals surface area (Å²) < 4.78 is 29.4. The van der Waals surface area contributed by atoms with Crippen LogP contribution in [0.2, 0.25) is 0 Å². The van der Waals surface area contributed by atoms with Crippen LogP contribution in [0.4, 0.5) is 0 Å². The van der Waals surface area contributed by atoms with Crippen LogP contribution in [0.1, 0.15) is 26.7 Å². The van der Waals surface area contributed by atoms with Crippen LogP contribution >= 0.6 is 0 Å². The van der Waals surface area contributed by atoms with Crippen molar-refractivity contribution in [1.29, 1.82) is 0 Å². The van der Waals surface area contributed by atoms with E-state index in [1.807, 2.05) is 20.9 Å². The molecule has 0 radical (unpaired) electrons. The summed E-state index contributed by atoms with van der Waals surface area (Å²) in [5.41, 5.74) is 0. The van der Waals surface area contributed by atoms with Crippen molar-refractivity contribution in [2.75, 3.05) is 31.8 Å². The molecule has 1 heterocycles. The van der Waals surface area contributed by atoms with E-state index in [9.17, 15) is 8.42 Å². The first-order chi connectivity index (χ1) is 7.98. The molecule has 0 bridgehead atoms. The largest absolute Gasteiger partial charge is 0.381 e. The normalized spacial score (nSPS) is 24.8. The van der Waals surface area contributed by atoms with E-state index in [0.717, 1.165) is 19.4 Å². The molecule has 1 rings (SSSR count). The van der Waals surface area contributed by atoms with Crippen molar-refractivity contribution in [1.82, 2.24) is 5.32 Å². The third kappa shape index (κ3) is 4.94. The Labute approximate surface area is 105 Å². The molecule has 1 N–H and O–H groups in total. The Morgan fingerprint density at radius 3 is 2.59 bits per heavy atom. The minimum absolute atomic E-state index is 0.0338. The van der Waals surface area contributed by atoms with E-state index in [1.54, 1.807) is 0 Å². The highest BCUT2D eigenvalue weighted by molar-refractivity contribution is 7.91. The monoisotopic (exact) mass is 263 g/mol. The fourth-order valence-corrected chi connectivity index (χ4v) is 4.44. The maximum atomic E-state index is 12.0. The first-order valence-electron chi connectivity index (χ1n) is 6.44. The fourth-order valence-electron chi connectivity index (χ4n) is 2.22. The minimum atomic E-state index is -2.96. The van der Waals surface area contributed by atoms with Crippen molar-refractivity contribution >= 4 is 9.84 Å². The second kappa shape index (κ2) is 6.71. The first-order valence-corrected chi connectivity index (χ1v) is 8.26. The van der Waals surface area contributed by atoms with Gasteiger partial charge in [0.1, 0.15) is 0 Å². The fraction of sp³-hybridized carbons (Fsp3) is 1.00. The molecule has 102 valence electrons. The van der Waals surface area contributed by atoms with E-state index in [-0.39, 0.29) is 17.7 Å². The Morgan fingerprint density at radius 1 is 1.41 bits per heavy atom. The molecule has 1 fully saturated rings. The van der Waals surface area contributed by atoms with Crippen LogP contribution in [0.3, 0.4) is 0 Å². The van der Waals surface area contributed by atoms with Gasteiger partial charge in [-0.15, -0.1) is 0 Å². The molecular weight excluding hydrogens is 238 g/mol. The Hall–Kier alpha value is -0.130. The van der Waals surface area contributed by atoms with Gasteiger partial charge in [0.25, 0.3) is 0 Å². The van der Waals surface area contributed by atoms with Gasteiger partial charge in [0.15, 0.2) is 9.84 Å². The lowest BCUT2D eigenvalue weighted by atomic mass is 10.0. The van der Waals surface area contributed by atoms with E-state index in [1.165, 1.54) is 0 Å². The second-order valence-corrected chi connectivity index (χ2v) is 7.26. The van der Waals surface area contributed by atoms with Gasteiger partial charge in [0.05, 0.1) is 18.1 Å². The maximum Gasteiger partial charge on any atom is 0.152 e. The number of ether oxygens (including phenoxy) is 1. The highest BCUT2D eigenvalue weighted by Crippen LogP contribution is 2.19. The van der Waals surface area contributed by atoms with Crippen molar-refractivity contribution < 1.29 is 13.2 Å². The van der Waals surface area contributed by atoms with Crippen molar-refractivity contribution in [3.8, 4) is 0 Å². The standard InChI is InChI=1S/C12H25NO3S/c1-4-10(2)8-17(14,15)9-12(13-3)11-5-6-16-7-11/h10-13H,4-9H2,1-3H3. The second-order valence-electron chi connectivity index (χ2n) is 5.11. The Bertz CT molecular complexity index is 310. The van der Waals surface area contributed by atoms with E-state index in [0.29, 0.717) is 18.3 Å². The first kappa shape index (κ1) is 14.9. The van der Waals surface area contributed by atoms with E-state index in [4.69, 9.17) is 4.74 Å². The highest BCUT2D eigenvalue weighted by Gasteiger charge is 2.29. The average molecular weight is 263 g/mol. The smallest absolute Gasteiger partial charge is 0.152 e. The quantitative estimate of drug-likeness (QED) is 0.746. The Morgan fingerprint density at radius 2 is 2.12 bits per heavy atom. The van der Waals surface area contributed by atoms with Crippen LogP contribution in [-0.2, 0) is 14.6 Å². The van der Waals surface area contributed by atoms with Crippen LogP contribution in [0.5, 0.6) is 0 Å². The van der Waals surface area contributed by atoms with Gasteiger partial charge in [-0.2, -0.15) is 0 Å². The predicted octanol–water partition coefficient (Wildman–Crippen LogP) is 1.07. The van der Waals surface area contributed by atoms with Crippen molar-refractivity contribution in [2.24, 2.45) is 11.8 Å². The molecule has 0 aromatic heterocycles. The van der Waals surface area contributed by atoms with Gasteiger partial charge in [0, 0.05) is 18.6 Å². The molecule has 1 saturated heterocycles. The van der Waals surface area contributed by atoms with Crippen molar-refractivity contribution in [2.45, 2.75) is 32.7 Å². The summed E-state index contributed by atoms with van der Waals surface area (Å²) in [5, 5.41) is 3.13. The molecule has 0 aromatic carbocycles. The van der Waals surface area contributed by atoms with Gasteiger partial charge < -0.3 is 10.1 Å². The lowest BCUT2D eigenvalue weighted by molar-refractivity contribution is 0.179. The number of sulfone groups is 1. The summed E-state index contributed by atoms with van der Waals surface area (Å²) in [6.07, 6.45) is 1.88. The van der Waals surface area contributed by atoms with Gasteiger partial charge in [-0.05, 0) is 19.4 Å². The molecular formula is C12H25NO3S. The maximum absolute atomic E-state index is 12.0. The summed E-state index contributed by atoms with van der Waals surface area (Å²) in [4.78, 5) is 0. The molecule has 0 spiro atoms. The number of hydrogen-bond acceptors (Lipinski definition) is 4. The minimum Gasteiger partial charge on any atom is -0.381 e. The third-order valence-electron chi connectivity index (χ3n) is 3.57. The summed E-state index contributed by atoms with van der Waals surface area (Å²) in [6, 6.07) is 0.0338. The molecule has 0 amide bonds. The van der Waals surface area contributed by atoms with Gasteiger partial charge in [-0.1, -0.05) is 20.3 Å². The third-order valence-corrected chi connectivity index (χ3v) is 5.52. The molecule has 1 aliphatic heterocycles. The van der Waals surface area contributed by atoms with Crippen LogP contribution in [0.25, 0.3) is 0 Å². The summed E-state index contributed by atoms with van der Waals surface area (Å²) >= 11 is 0. The van der Waals surface area contributed by atoms with Gasteiger partial charge >= 0.3 is 0 Å². The van der Waals surface area contributed by atoms with Crippen LogP contribution in [0.15, 0.2) is 0 Å². The van der Waals surface area contributed by atoms with Gasteiger partial charge in [-0.3, -0.25) is 0 Å². The van der Waals surface area contributed by atoms with Gasteiger partial charge in [-0.25, -0.2) is 8.42 Å². The van der Waals surface area contributed by atoms with Crippen molar-refractivity contribution in [3.05, 3.63) is 0 Å². The molecule has 4 nitrogen and oxygen atoms in total. The predicted molar refractivity (Wildman–Crippen MR) is 69.9 cm³/mol. The number of hydrogen-bond donors (Lipinski definition) is 1. The lowest BCUT2D eigenvalue weighted by Crippen LogP contribution is -2.41. The van der Waals surface area contributed by atoms with Crippen LogP contribution in [0, 0.1) is 11.8 Å². The molecule has 0 aliphatic carbocycles. The van der Waals surface area contributed by atoms with E-state index < -0.39 is 9.84 Å². The van der Waals surface area contributed by atoms with Crippen LogP contribution in [-0.4, -0.2) is 46.2 Å². The Balaban J connectivity index is 2.54. The zero-order chi connectivity index (χ0) is 12.9. The highest BCUT2D eigenvalue weighted by atomic mass is 32.2. The van der Waals surface area contributed by atoms with E-state index in [2.05, 4.69) is 5.32 Å². The summed E-state index contributed by atoms with van der Waals surface area (Å²) in [7, 11) is -1.12. The van der Waals surface area contributed by atoms with Crippen LogP contribution < -0.4 is 5.32 Å². The topological polar surface area (TPSA) is 55.4 Å². The molecule has 0 saturated carbocycles. The zero-order valence-electron chi connectivity index (χ0n) is 11.1. The van der Waals surface area contributed by atoms with E-state index >= 15 is 0 Å². The molecule has 3 atom stereocenters. The lowest BCUT2D eigenvalue weighted by Gasteiger charge is -2.22. The van der Waals surface area contributed by atoms with Crippen molar-refractivity contribution in [3.63, 3.8) is 0 Å². The number of nitrogens with one attached hydrogen (secondary N) is 1. The molecule has 1 aliphatic rings. The van der Waals surface area contributed by atoms with Gasteiger partial charge in [0.2, 0.25) is 0 Å². The Kier molecular flexibility index (Phi) is 5.89. The zero-order valence-corrected chi connectivity index (χ0v) is 11.9. The summed E-state index contributed by atoms with van der Waals surface area (Å²) in [6.45, 7) is 5.46. The molecule has 3 unspecified atom stereocenters. The molecule has 0 aromatic rings. The average Bonchev–Trinajstić information content (AvgIpc) is 2.78. The molecule has 17 heavy (non-hydrogen) atoms.